The monoisotopic (exact) mass is 289 g/mol. The Morgan fingerprint density at radius 1 is 1.56 bits per heavy atom. The molecule has 88 valence electrons. The van der Waals surface area contributed by atoms with Crippen molar-refractivity contribution in [3.05, 3.63) is 28.2 Å². The lowest BCUT2D eigenvalue weighted by Gasteiger charge is -2.09. The number of halogens is 1. The summed E-state index contributed by atoms with van der Waals surface area (Å²) in [4.78, 5) is 11.5. The zero-order valence-electron chi connectivity index (χ0n) is 8.39. The van der Waals surface area contributed by atoms with Crippen LogP contribution in [-0.4, -0.2) is 35.5 Å². The van der Waals surface area contributed by atoms with E-state index in [-0.39, 0.29) is 12.2 Å². The molecule has 1 unspecified atom stereocenters. The van der Waals surface area contributed by atoms with Crippen molar-refractivity contribution in [2.75, 3.05) is 18.9 Å². The van der Waals surface area contributed by atoms with Crippen molar-refractivity contribution in [2.45, 2.75) is 6.10 Å². The second-order valence-corrected chi connectivity index (χ2v) is 4.03. The number of benzene rings is 1. The number of anilines is 1. The van der Waals surface area contributed by atoms with Gasteiger partial charge in [-0.3, -0.25) is 0 Å². The Hall–Kier alpha value is -1.11. The fourth-order valence-corrected chi connectivity index (χ4v) is 1.41. The zero-order valence-corrected chi connectivity index (χ0v) is 9.98. The van der Waals surface area contributed by atoms with Crippen molar-refractivity contribution >= 4 is 27.6 Å². The van der Waals surface area contributed by atoms with Crippen molar-refractivity contribution in [1.82, 2.24) is 0 Å². The van der Waals surface area contributed by atoms with Crippen molar-refractivity contribution in [2.24, 2.45) is 0 Å². The molecule has 0 aliphatic carbocycles. The molecule has 0 aliphatic heterocycles. The van der Waals surface area contributed by atoms with Crippen molar-refractivity contribution in [1.29, 1.82) is 0 Å². The van der Waals surface area contributed by atoms with E-state index >= 15 is 0 Å². The second-order valence-electron chi connectivity index (χ2n) is 3.17. The van der Waals surface area contributed by atoms with Crippen LogP contribution < -0.4 is 5.73 Å². The van der Waals surface area contributed by atoms with Gasteiger partial charge in [-0.1, -0.05) is 0 Å². The highest BCUT2D eigenvalue weighted by Crippen LogP contribution is 2.20. The predicted molar refractivity (Wildman–Crippen MR) is 61.9 cm³/mol. The Morgan fingerprint density at radius 2 is 2.25 bits per heavy atom. The van der Waals surface area contributed by atoms with Gasteiger partial charge in [0.2, 0.25) is 0 Å². The van der Waals surface area contributed by atoms with Crippen LogP contribution >= 0.6 is 15.9 Å². The second kappa shape index (κ2) is 5.83. The number of nitrogen functional groups attached to an aromatic ring is 1. The number of esters is 1. The normalized spacial score (nSPS) is 12.2. The van der Waals surface area contributed by atoms with Crippen LogP contribution in [0.4, 0.5) is 5.69 Å². The van der Waals surface area contributed by atoms with E-state index in [1.165, 1.54) is 6.07 Å². The summed E-state index contributed by atoms with van der Waals surface area (Å²) >= 11 is 3.19. The quantitative estimate of drug-likeness (QED) is 0.556. The average molecular weight is 290 g/mol. The number of nitrogens with two attached hydrogens (primary N) is 1. The van der Waals surface area contributed by atoms with Gasteiger partial charge >= 0.3 is 5.97 Å². The number of hydrogen-bond donors (Lipinski definition) is 3. The topological polar surface area (TPSA) is 92.8 Å². The van der Waals surface area contributed by atoms with E-state index in [4.69, 9.17) is 20.7 Å². The summed E-state index contributed by atoms with van der Waals surface area (Å²) in [6.45, 7) is -0.706. The Balaban J connectivity index is 2.69. The van der Waals surface area contributed by atoms with Gasteiger partial charge in [0.1, 0.15) is 12.7 Å². The van der Waals surface area contributed by atoms with Gasteiger partial charge in [-0.05, 0) is 34.1 Å². The van der Waals surface area contributed by atoms with E-state index in [1.807, 2.05) is 0 Å². The van der Waals surface area contributed by atoms with Gasteiger partial charge < -0.3 is 20.7 Å². The summed E-state index contributed by atoms with van der Waals surface area (Å²) in [5.41, 5.74) is 6.25. The molecule has 1 aromatic rings. The minimum atomic E-state index is -1.07. The molecule has 0 amide bonds. The van der Waals surface area contributed by atoms with E-state index in [2.05, 4.69) is 15.9 Å². The van der Waals surface area contributed by atoms with E-state index in [0.717, 1.165) is 0 Å². The number of carbonyl (C=O) groups excluding carboxylic acids is 1. The Bertz CT molecular complexity index is 383. The molecule has 0 aromatic heterocycles. The van der Waals surface area contributed by atoms with E-state index < -0.39 is 18.7 Å². The number of hydrogen-bond acceptors (Lipinski definition) is 5. The van der Waals surface area contributed by atoms with Gasteiger partial charge in [0.25, 0.3) is 0 Å². The number of carbonyl (C=O) groups is 1. The van der Waals surface area contributed by atoms with Crippen LogP contribution in [-0.2, 0) is 4.74 Å². The van der Waals surface area contributed by atoms with Crippen LogP contribution in [0, 0.1) is 0 Å². The summed E-state index contributed by atoms with van der Waals surface area (Å²) in [6, 6.07) is 4.75. The largest absolute Gasteiger partial charge is 0.459 e. The SMILES string of the molecule is Nc1ccc(Br)c(C(=O)OCC(O)CO)c1. The molecule has 0 spiro atoms. The van der Waals surface area contributed by atoms with Gasteiger partial charge in [-0.2, -0.15) is 0 Å². The Labute approximate surface area is 101 Å². The van der Waals surface area contributed by atoms with E-state index in [0.29, 0.717) is 10.2 Å². The van der Waals surface area contributed by atoms with Crippen molar-refractivity contribution < 1.29 is 19.7 Å². The molecule has 6 heteroatoms. The molecule has 16 heavy (non-hydrogen) atoms. The molecule has 0 heterocycles. The van der Waals surface area contributed by atoms with E-state index in [1.54, 1.807) is 12.1 Å². The van der Waals surface area contributed by atoms with E-state index in [9.17, 15) is 4.79 Å². The molecule has 4 N–H and O–H groups in total. The molecule has 0 saturated carbocycles. The van der Waals surface area contributed by atoms with Gasteiger partial charge in [0.05, 0.1) is 12.2 Å². The third-order valence-corrected chi connectivity index (χ3v) is 2.52. The summed E-state index contributed by atoms with van der Waals surface area (Å²) in [6.07, 6.45) is -1.07. The van der Waals surface area contributed by atoms with Crippen LogP contribution in [0.5, 0.6) is 0 Å². The first-order valence-electron chi connectivity index (χ1n) is 4.55. The summed E-state index contributed by atoms with van der Waals surface area (Å²) in [5.74, 6) is -0.605. The maximum Gasteiger partial charge on any atom is 0.339 e. The van der Waals surface area contributed by atoms with Crippen LogP contribution in [0.25, 0.3) is 0 Å². The fourth-order valence-electron chi connectivity index (χ4n) is 1.00. The molecule has 0 aliphatic rings. The first kappa shape index (κ1) is 13.0. The lowest BCUT2D eigenvalue weighted by molar-refractivity contribution is 0.00926. The third-order valence-electron chi connectivity index (χ3n) is 1.83. The minimum absolute atomic E-state index is 0.253. The van der Waals surface area contributed by atoms with Crippen molar-refractivity contribution in [3.8, 4) is 0 Å². The molecule has 1 aromatic carbocycles. The maximum absolute atomic E-state index is 11.5. The molecule has 0 bridgehead atoms. The lowest BCUT2D eigenvalue weighted by Crippen LogP contribution is -2.22. The summed E-state index contributed by atoms with van der Waals surface area (Å²) < 4.78 is 5.34. The lowest BCUT2D eigenvalue weighted by atomic mass is 10.2. The molecule has 1 atom stereocenters. The average Bonchev–Trinajstić information content (AvgIpc) is 2.28. The summed E-state index contributed by atoms with van der Waals surface area (Å²) in [7, 11) is 0. The minimum Gasteiger partial charge on any atom is -0.459 e. The third kappa shape index (κ3) is 3.48. The molecular weight excluding hydrogens is 278 g/mol. The predicted octanol–water partition coefficient (Wildman–Crippen LogP) is 0.541. The molecule has 1 rings (SSSR count). The molecule has 0 saturated heterocycles. The van der Waals surface area contributed by atoms with Gasteiger partial charge in [-0.25, -0.2) is 4.79 Å². The van der Waals surface area contributed by atoms with Gasteiger partial charge in [0.15, 0.2) is 0 Å². The highest BCUT2D eigenvalue weighted by atomic mass is 79.9. The Morgan fingerprint density at radius 3 is 2.88 bits per heavy atom. The highest BCUT2D eigenvalue weighted by molar-refractivity contribution is 9.10. The van der Waals surface area contributed by atoms with Gasteiger partial charge in [-0.15, -0.1) is 0 Å². The standard InChI is InChI=1S/C10H12BrNO4/c11-9-2-1-6(12)3-8(9)10(15)16-5-7(14)4-13/h1-3,7,13-14H,4-5,12H2. The first-order chi connectivity index (χ1) is 7.54. The number of aliphatic hydroxyl groups is 2. The smallest absolute Gasteiger partial charge is 0.339 e. The molecular formula is C10H12BrNO4. The molecule has 0 radical (unpaired) electrons. The van der Waals surface area contributed by atoms with Crippen LogP contribution in [0.3, 0.4) is 0 Å². The number of ether oxygens (including phenoxy) is 1. The molecule has 0 fully saturated rings. The Kier molecular flexibility index (Phi) is 4.72. The number of rotatable bonds is 4. The maximum atomic E-state index is 11.5. The van der Waals surface area contributed by atoms with Crippen molar-refractivity contribution in [3.63, 3.8) is 0 Å². The van der Waals surface area contributed by atoms with Crippen LogP contribution in [0.2, 0.25) is 0 Å². The van der Waals surface area contributed by atoms with Gasteiger partial charge in [0, 0.05) is 10.2 Å². The zero-order chi connectivity index (χ0) is 12.1. The fraction of sp³-hybridized carbons (Fsp3) is 0.300. The van der Waals surface area contributed by atoms with Crippen LogP contribution in [0.1, 0.15) is 10.4 Å². The highest BCUT2D eigenvalue weighted by Gasteiger charge is 2.13. The van der Waals surface area contributed by atoms with Crippen LogP contribution in [0.15, 0.2) is 22.7 Å². The first-order valence-corrected chi connectivity index (χ1v) is 5.35. The summed E-state index contributed by atoms with van der Waals surface area (Å²) in [5, 5.41) is 17.6. The number of aliphatic hydroxyl groups excluding tert-OH is 2. The molecule has 5 nitrogen and oxygen atoms in total.